The normalized spacial score (nSPS) is 24.5. The Kier molecular flexibility index (Phi) is 5.39. The highest BCUT2D eigenvalue weighted by atomic mass is 35.5. The molecule has 3 atom stereocenters. The molecule has 1 aromatic rings. The van der Waals surface area contributed by atoms with Crippen molar-refractivity contribution in [3.05, 3.63) is 34.9 Å². The Labute approximate surface area is 144 Å². The third kappa shape index (κ3) is 3.95. The second kappa shape index (κ2) is 7.32. The number of morpholine rings is 1. The summed E-state index contributed by atoms with van der Waals surface area (Å²) in [5, 5.41) is 1.01. The minimum Gasteiger partial charge on any atom is -0.369 e. The number of benzene rings is 1. The largest absolute Gasteiger partial charge is 0.369 e. The first-order chi connectivity index (χ1) is 11.1. The number of hydrogen-bond acceptors (Lipinski definition) is 3. The van der Waals surface area contributed by atoms with Crippen molar-refractivity contribution < 1.29 is 13.7 Å². The number of halogens is 1. The molecule has 0 spiro atoms. The molecule has 4 nitrogen and oxygen atoms in total. The molecule has 126 valence electrons. The van der Waals surface area contributed by atoms with Crippen LogP contribution in [0.5, 0.6) is 0 Å². The average Bonchev–Trinajstić information content (AvgIpc) is 3.38. The van der Waals surface area contributed by atoms with Gasteiger partial charge in [-0.25, -0.2) is 0 Å². The number of rotatable bonds is 6. The van der Waals surface area contributed by atoms with Gasteiger partial charge in [0.05, 0.1) is 12.6 Å². The molecule has 1 aliphatic heterocycles. The van der Waals surface area contributed by atoms with E-state index in [1.54, 1.807) is 0 Å². The Hall–Kier alpha value is -0.910. The predicted molar refractivity (Wildman–Crippen MR) is 92.0 cm³/mol. The van der Waals surface area contributed by atoms with Gasteiger partial charge in [-0.15, -0.1) is 0 Å². The van der Waals surface area contributed by atoms with Crippen molar-refractivity contribution in [3.8, 4) is 0 Å². The molecule has 1 aromatic carbocycles. The van der Waals surface area contributed by atoms with Gasteiger partial charge in [0, 0.05) is 32.9 Å². The predicted octanol–water partition coefficient (Wildman–Crippen LogP) is 2.93. The molecule has 1 saturated heterocycles. The summed E-state index contributed by atoms with van der Waals surface area (Å²) in [6.07, 6.45) is 2.91. The number of ether oxygens (including phenoxy) is 1. The molecule has 1 aliphatic carbocycles. The zero-order valence-corrected chi connectivity index (χ0v) is 14.8. The summed E-state index contributed by atoms with van der Waals surface area (Å²) in [6, 6.07) is 7.40. The van der Waals surface area contributed by atoms with Crippen molar-refractivity contribution >= 4 is 28.3 Å². The first-order valence-corrected chi connectivity index (χ1v) is 9.87. The van der Waals surface area contributed by atoms with E-state index >= 15 is 0 Å². The molecule has 2 fully saturated rings. The fraction of sp³-hybridized carbons (Fsp3) is 0.588. The summed E-state index contributed by atoms with van der Waals surface area (Å²) in [4.78, 5) is 14.4. The van der Waals surface area contributed by atoms with Crippen LogP contribution in [0.1, 0.15) is 37.8 Å². The topological polar surface area (TPSA) is 46.6 Å². The highest BCUT2D eigenvalue weighted by molar-refractivity contribution is 7.86. The van der Waals surface area contributed by atoms with Crippen LogP contribution in [-0.4, -0.2) is 45.3 Å². The van der Waals surface area contributed by atoms with Crippen molar-refractivity contribution in [1.29, 1.82) is 0 Å². The third-order valence-electron chi connectivity index (χ3n) is 4.50. The maximum absolute atomic E-state index is 12.5. The van der Waals surface area contributed by atoms with E-state index in [0.29, 0.717) is 22.6 Å². The molecule has 3 rings (SSSR count). The van der Waals surface area contributed by atoms with Crippen molar-refractivity contribution in [3.63, 3.8) is 0 Å². The molecule has 1 heterocycles. The molecule has 2 aliphatic rings. The van der Waals surface area contributed by atoms with Crippen LogP contribution in [0.15, 0.2) is 24.3 Å². The number of carbonyl (C=O) groups is 1. The Morgan fingerprint density at radius 1 is 1.35 bits per heavy atom. The van der Waals surface area contributed by atoms with Crippen LogP contribution < -0.4 is 0 Å². The highest BCUT2D eigenvalue weighted by Gasteiger charge is 2.37. The fourth-order valence-corrected chi connectivity index (χ4v) is 4.87. The molecule has 1 saturated carbocycles. The van der Waals surface area contributed by atoms with Crippen molar-refractivity contribution in [1.82, 2.24) is 4.90 Å². The Morgan fingerprint density at radius 3 is 2.65 bits per heavy atom. The maximum Gasteiger partial charge on any atom is 0.249 e. The van der Waals surface area contributed by atoms with Gasteiger partial charge < -0.3 is 9.64 Å². The minimum absolute atomic E-state index is 0.00601. The van der Waals surface area contributed by atoms with E-state index in [2.05, 4.69) is 6.92 Å². The molecular weight excluding hydrogens is 334 g/mol. The molecule has 23 heavy (non-hydrogen) atoms. The standard InChI is InChI=1S/C17H22ClNO3S/c1-2-14(11-23(21)15-7-8-15)19-16(9-22-10-17(19)20)12-3-5-13(18)6-4-12/h3-6,14-16H,2,7-11H2,1H3/t14-,16-,23?/m0/s1. The molecule has 0 aromatic heterocycles. The van der Waals surface area contributed by atoms with Crippen LogP contribution in [0.25, 0.3) is 0 Å². The lowest BCUT2D eigenvalue weighted by molar-refractivity contribution is -0.151. The molecular formula is C17H22ClNO3S. The summed E-state index contributed by atoms with van der Waals surface area (Å²) in [6.45, 7) is 2.63. The lowest BCUT2D eigenvalue weighted by atomic mass is 10.0. The number of amides is 1. The van der Waals surface area contributed by atoms with Crippen LogP contribution in [0, 0.1) is 0 Å². The van der Waals surface area contributed by atoms with Gasteiger partial charge in [-0.05, 0) is 37.0 Å². The van der Waals surface area contributed by atoms with E-state index in [0.717, 1.165) is 24.8 Å². The monoisotopic (exact) mass is 355 g/mol. The van der Waals surface area contributed by atoms with E-state index in [-0.39, 0.29) is 24.6 Å². The van der Waals surface area contributed by atoms with E-state index in [4.69, 9.17) is 16.3 Å². The number of hydrogen-bond donors (Lipinski definition) is 0. The maximum atomic E-state index is 12.5. The van der Waals surface area contributed by atoms with Crippen molar-refractivity contribution in [2.45, 2.75) is 43.5 Å². The fourth-order valence-electron chi connectivity index (χ4n) is 3.04. The minimum atomic E-state index is -0.838. The first-order valence-electron chi connectivity index (χ1n) is 8.11. The second-order valence-corrected chi connectivity index (χ2v) is 8.39. The summed E-state index contributed by atoms with van der Waals surface area (Å²) in [7, 11) is -0.838. The smallest absolute Gasteiger partial charge is 0.249 e. The van der Waals surface area contributed by atoms with Crippen LogP contribution in [-0.2, 0) is 20.3 Å². The van der Waals surface area contributed by atoms with Crippen molar-refractivity contribution in [2.24, 2.45) is 0 Å². The zero-order chi connectivity index (χ0) is 16.4. The van der Waals surface area contributed by atoms with Gasteiger partial charge >= 0.3 is 0 Å². The van der Waals surface area contributed by atoms with Gasteiger partial charge in [-0.2, -0.15) is 0 Å². The lowest BCUT2D eigenvalue weighted by Gasteiger charge is -2.41. The van der Waals surface area contributed by atoms with Crippen molar-refractivity contribution in [2.75, 3.05) is 19.0 Å². The van der Waals surface area contributed by atoms with Crippen LogP contribution in [0.3, 0.4) is 0 Å². The van der Waals surface area contributed by atoms with Gasteiger partial charge in [0.2, 0.25) is 5.91 Å². The SMILES string of the molecule is CC[C@@H](CS(=O)C1CC1)N1C(=O)COC[C@H]1c1ccc(Cl)cc1. The molecule has 6 heteroatoms. The summed E-state index contributed by atoms with van der Waals surface area (Å²) in [5.74, 6) is 0.549. The van der Waals surface area contributed by atoms with Gasteiger partial charge in [0.1, 0.15) is 6.61 Å². The lowest BCUT2D eigenvalue weighted by Crippen LogP contribution is -2.51. The number of carbonyl (C=O) groups excluding carboxylic acids is 1. The summed E-state index contributed by atoms with van der Waals surface area (Å²) in [5.41, 5.74) is 1.01. The van der Waals surface area contributed by atoms with E-state index in [1.807, 2.05) is 29.2 Å². The van der Waals surface area contributed by atoms with Crippen LogP contribution in [0.2, 0.25) is 5.02 Å². The van der Waals surface area contributed by atoms with Gasteiger partial charge in [0.15, 0.2) is 0 Å². The average molecular weight is 356 g/mol. The quantitative estimate of drug-likeness (QED) is 0.788. The van der Waals surface area contributed by atoms with Crippen LogP contribution in [0.4, 0.5) is 0 Å². The number of nitrogens with zero attached hydrogens (tertiary/aromatic N) is 1. The van der Waals surface area contributed by atoms with Crippen LogP contribution >= 0.6 is 11.6 Å². The van der Waals surface area contributed by atoms with Gasteiger partial charge in [0.25, 0.3) is 0 Å². The third-order valence-corrected chi connectivity index (χ3v) is 6.68. The van der Waals surface area contributed by atoms with E-state index in [9.17, 15) is 9.00 Å². The first kappa shape index (κ1) is 16.9. The zero-order valence-electron chi connectivity index (χ0n) is 13.2. The molecule has 1 amide bonds. The highest BCUT2D eigenvalue weighted by Crippen LogP contribution is 2.32. The summed E-state index contributed by atoms with van der Waals surface area (Å²) >= 11 is 5.96. The summed E-state index contributed by atoms with van der Waals surface area (Å²) < 4.78 is 17.8. The molecule has 0 N–H and O–H groups in total. The van der Waals surface area contributed by atoms with E-state index < -0.39 is 10.8 Å². The molecule has 0 bridgehead atoms. The molecule has 0 radical (unpaired) electrons. The Morgan fingerprint density at radius 2 is 2.04 bits per heavy atom. The Bertz CT molecular complexity index is 588. The second-order valence-electron chi connectivity index (χ2n) is 6.19. The molecule has 1 unspecified atom stereocenters. The van der Waals surface area contributed by atoms with Gasteiger partial charge in [-0.3, -0.25) is 9.00 Å². The Balaban J connectivity index is 1.82. The van der Waals surface area contributed by atoms with E-state index in [1.165, 1.54) is 0 Å². The van der Waals surface area contributed by atoms with Gasteiger partial charge in [-0.1, -0.05) is 30.7 Å².